The molecule has 0 unspecified atom stereocenters. The van der Waals surface area contributed by atoms with Crippen molar-refractivity contribution in [1.82, 2.24) is 5.32 Å². The molecule has 0 aliphatic rings. The zero-order valence-corrected chi connectivity index (χ0v) is 27.2. The molecule has 0 fully saturated rings. The Morgan fingerprint density at radius 3 is 2.02 bits per heavy atom. The number of ether oxygens (including phenoxy) is 3. The van der Waals surface area contributed by atoms with Crippen LogP contribution in [0.2, 0.25) is 0 Å². The summed E-state index contributed by atoms with van der Waals surface area (Å²) < 4.78 is 17.1. The van der Waals surface area contributed by atoms with Gasteiger partial charge in [0, 0.05) is 44.2 Å². The molecule has 0 rings (SSSR count). The van der Waals surface area contributed by atoms with Crippen molar-refractivity contribution in [3.05, 3.63) is 158 Å². The van der Waals surface area contributed by atoms with Crippen LogP contribution in [0.1, 0.15) is 39.0 Å². The van der Waals surface area contributed by atoms with Gasteiger partial charge in [-0.15, -0.1) is 0 Å². The van der Waals surface area contributed by atoms with E-state index < -0.39 is 0 Å². The first-order valence-electron chi connectivity index (χ1n) is 15.2. The first-order chi connectivity index (χ1) is 21.8. The van der Waals surface area contributed by atoms with Crippen LogP contribution in [0.15, 0.2) is 158 Å². The second kappa shape index (κ2) is 27.2. The molecule has 0 atom stereocenters. The molecule has 6 nitrogen and oxygen atoms in total. The lowest BCUT2D eigenvalue weighted by molar-refractivity contribution is -0.104. The summed E-state index contributed by atoms with van der Waals surface area (Å²) in [4.78, 5) is 10.5. The van der Waals surface area contributed by atoms with Crippen molar-refractivity contribution >= 4 is 6.29 Å². The minimum atomic E-state index is 0.407. The Kier molecular flexibility index (Phi) is 24.5. The third-order valence-electron chi connectivity index (χ3n) is 6.20. The number of carbonyl (C=O) groups excluding carboxylic acids is 1. The number of unbranched alkanes of at least 4 members (excludes halogenated alkanes) is 1. The van der Waals surface area contributed by atoms with Crippen LogP contribution in [0.4, 0.5) is 0 Å². The minimum Gasteiger partial charge on any atom is -0.516 e. The molecule has 0 spiro atoms. The van der Waals surface area contributed by atoms with Crippen LogP contribution >= 0.6 is 0 Å². The Hall–Kier alpha value is -4.39. The Labute approximate surface area is 271 Å². The van der Waals surface area contributed by atoms with Crippen molar-refractivity contribution in [3.63, 3.8) is 0 Å². The van der Waals surface area contributed by atoms with Gasteiger partial charge in [0.1, 0.15) is 12.0 Å². The summed E-state index contributed by atoms with van der Waals surface area (Å²) in [5.74, 6) is 0.538. The maximum atomic E-state index is 10.5. The second-order valence-electron chi connectivity index (χ2n) is 9.73. The van der Waals surface area contributed by atoms with E-state index in [1.165, 1.54) is 0 Å². The third kappa shape index (κ3) is 19.5. The van der Waals surface area contributed by atoms with Gasteiger partial charge in [0.15, 0.2) is 0 Å². The lowest BCUT2D eigenvalue weighted by Crippen LogP contribution is -2.15. The number of carbonyl (C=O) groups is 1. The van der Waals surface area contributed by atoms with E-state index in [0.29, 0.717) is 50.7 Å². The zero-order chi connectivity index (χ0) is 33.7. The molecule has 0 heterocycles. The van der Waals surface area contributed by atoms with Crippen LogP contribution in [0, 0.1) is 0 Å². The van der Waals surface area contributed by atoms with E-state index in [1.54, 1.807) is 48.6 Å². The van der Waals surface area contributed by atoms with E-state index >= 15 is 0 Å². The van der Waals surface area contributed by atoms with Gasteiger partial charge < -0.3 is 24.6 Å². The molecule has 0 aliphatic carbocycles. The fourth-order valence-corrected chi connectivity index (χ4v) is 3.93. The highest BCUT2D eigenvalue weighted by molar-refractivity contribution is 5.76. The van der Waals surface area contributed by atoms with Crippen LogP contribution in [0.5, 0.6) is 0 Å². The van der Waals surface area contributed by atoms with Gasteiger partial charge in [-0.3, -0.25) is 4.79 Å². The molecule has 0 bridgehead atoms. The minimum absolute atomic E-state index is 0.407. The number of aliphatic hydroxyl groups excluding tert-OH is 1. The van der Waals surface area contributed by atoms with E-state index in [4.69, 9.17) is 14.2 Å². The van der Waals surface area contributed by atoms with Gasteiger partial charge in [0.05, 0.1) is 12.9 Å². The predicted octanol–water partition coefficient (Wildman–Crippen LogP) is 8.83. The van der Waals surface area contributed by atoms with Crippen molar-refractivity contribution in [3.8, 4) is 0 Å². The molecule has 45 heavy (non-hydrogen) atoms. The summed E-state index contributed by atoms with van der Waals surface area (Å²) in [7, 11) is 0. The van der Waals surface area contributed by atoms with E-state index in [0.717, 1.165) is 78.5 Å². The molecule has 0 aromatic heterocycles. The summed E-state index contributed by atoms with van der Waals surface area (Å²) >= 11 is 0. The summed E-state index contributed by atoms with van der Waals surface area (Å²) in [5, 5.41) is 12.4. The second-order valence-corrected chi connectivity index (χ2v) is 9.73. The monoisotopic (exact) mass is 615 g/mol. The summed E-state index contributed by atoms with van der Waals surface area (Å²) in [6.45, 7) is 33.4. The van der Waals surface area contributed by atoms with Crippen LogP contribution in [-0.2, 0) is 19.0 Å². The Balaban J connectivity index is 4.46. The van der Waals surface area contributed by atoms with Crippen molar-refractivity contribution in [1.29, 1.82) is 0 Å². The van der Waals surface area contributed by atoms with Gasteiger partial charge in [-0.2, -0.15) is 0 Å². The van der Waals surface area contributed by atoms with Gasteiger partial charge in [-0.05, 0) is 78.2 Å². The quantitative estimate of drug-likeness (QED) is 0.0301. The molecule has 0 amide bonds. The average molecular weight is 616 g/mol. The number of rotatable bonds is 28. The van der Waals surface area contributed by atoms with Gasteiger partial charge >= 0.3 is 0 Å². The van der Waals surface area contributed by atoms with E-state index in [2.05, 4.69) is 58.3 Å². The molecule has 0 saturated heterocycles. The molecule has 0 saturated carbocycles. The summed E-state index contributed by atoms with van der Waals surface area (Å²) in [6.07, 6.45) is 23.3. The van der Waals surface area contributed by atoms with Crippen molar-refractivity contribution < 1.29 is 24.1 Å². The molecule has 0 radical (unpaired) electrons. The van der Waals surface area contributed by atoms with E-state index in [-0.39, 0.29) is 0 Å². The summed E-state index contributed by atoms with van der Waals surface area (Å²) in [5.41, 5.74) is 5.54. The maximum absolute atomic E-state index is 10.5. The highest BCUT2D eigenvalue weighted by Crippen LogP contribution is 2.31. The van der Waals surface area contributed by atoms with Crippen LogP contribution in [-0.4, -0.2) is 51.0 Å². The zero-order valence-electron chi connectivity index (χ0n) is 27.2. The molecule has 0 aromatic carbocycles. The number of aliphatic hydroxyl groups is 1. The lowest BCUT2D eigenvalue weighted by Gasteiger charge is -2.17. The van der Waals surface area contributed by atoms with Gasteiger partial charge in [0.25, 0.3) is 0 Å². The number of aldehydes is 1. The first-order valence-corrected chi connectivity index (χ1v) is 15.2. The van der Waals surface area contributed by atoms with E-state index in [1.807, 2.05) is 12.2 Å². The molecule has 6 heteroatoms. The predicted molar refractivity (Wildman–Crippen MR) is 191 cm³/mol. The molecular weight excluding hydrogens is 562 g/mol. The fraction of sp³-hybridized carbons (Fsp3) is 0.308. The van der Waals surface area contributed by atoms with Crippen LogP contribution in [0.3, 0.4) is 0 Å². The normalized spacial score (nSPS) is 12.6. The third-order valence-corrected chi connectivity index (χ3v) is 6.20. The first kappa shape index (κ1) is 40.6. The fourth-order valence-electron chi connectivity index (χ4n) is 3.93. The molecule has 0 aliphatic heterocycles. The Morgan fingerprint density at radius 2 is 1.42 bits per heavy atom. The number of hydrogen-bond donors (Lipinski definition) is 2. The highest BCUT2D eigenvalue weighted by Gasteiger charge is 2.13. The smallest absolute Gasteiger partial charge is 0.149 e. The lowest BCUT2D eigenvalue weighted by atomic mass is 9.87. The van der Waals surface area contributed by atoms with Gasteiger partial charge in [-0.25, -0.2) is 0 Å². The SMILES string of the molecule is C=C/C=C(C=C)/C(CC)=C(C(=C)/C=C\C(=C)OCCCCOCCCOCCCNC(=C)/C=C\C(=C)C=O)/C(C=C)=C/C=C/O. The largest absolute Gasteiger partial charge is 0.516 e. The van der Waals surface area contributed by atoms with Crippen molar-refractivity contribution in [2.75, 3.05) is 39.6 Å². The van der Waals surface area contributed by atoms with Crippen LogP contribution < -0.4 is 5.32 Å². The standard InChI is InChI=1S/C39H53NO5/c1-9-18-36(10-2)38(12-4)39(37(11-3)19-15-25-41)33(6)21-23-35(8)45-30-14-13-26-43-28-17-29-44-27-16-24-40-34(7)22-20-32(5)31-42/h9-11,15,18-23,25,31,40-41H,1-3,5-8,12-14,16-17,24,26-30H2,4H3/b22-20-,23-21-,25-15+,36-18+,37-19+,39-38+. The van der Waals surface area contributed by atoms with Gasteiger partial charge in [-0.1, -0.05) is 95.5 Å². The molecule has 0 aromatic rings. The average Bonchev–Trinajstić information content (AvgIpc) is 3.05. The van der Waals surface area contributed by atoms with Crippen LogP contribution in [0.25, 0.3) is 0 Å². The van der Waals surface area contributed by atoms with Gasteiger partial charge in [0.2, 0.25) is 0 Å². The molecule has 2 N–H and O–H groups in total. The Bertz CT molecular complexity index is 1190. The Morgan fingerprint density at radius 1 is 0.778 bits per heavy atom. The molecular formula is C39H53NO5. The number of nitrogens with one attached hydrogen (secondary N) is 1. The highest BCUT2D eigenvalue weighted by atomic mass is 16.5. The van der Waals surface area contributed by atoms with Crippen molar-refractivity contribution in [2.45, 2.75) is 39.0 Å². The molecule has 244 valence electrons. The number of allylic oxidation sites excluding steroid dienone is 16. The number of hydrogen-bond acceptors (Lipinski definition) is 6. The topological polar surface area (TPSA) is 77.0 Å². The van der Waals surface area contributed by atoms with Crippen molar-refractivity contribution in [2.24, 2.45) is 0 Å². The summed E-state index contributed by atoms with van der Waals surface area (Å²) in [6, 6.07) is 0. The maximum Gasteiger partial charge on any atom is 0.149 e. The van der Waals surface area contributed by atoms with E-state index in [9.17, 15) is 9.90 Å².